The van der Waals surface area contributed by atoms with Crippen molar-refractivity contribution in [1.82, 2.24) is 19.9 Å². The van der Waals surface area contributed by atoms with E-state index in [-0.39, 0.29) is 11.3 Å². The quantitative estimate of drug-likeness (QED) is 0.727. The van der Waals surface area contributed by atoms with Gasteiger partial charge in [-0.25, -0.2) is 4.68 Å². The lowest BCUT2D eigenvalue weighted by atomic mass is 10.4. The van der Waals surface area contributed by atoms with Crippen molar-refractivity contribution in [2.75, 3.05) is 13.1 Å². The molecule has 1 aromatic rings. The van der Waals surface area contributed by atoms with E-state index in [1.807, 2.05) is 0 Å². The first-order valence-corrected chi connectivity index (χ1v) is 5.81. The lowest BCUT2D eigenvalue weighted by Crippen LogP contribution is -2.30. The zero-order valence-corrected chi connectivity index (χ0v) is 10.5. The fraction of sp³-hybridized carbons (Fsp3) is 0.625. The molecule has 1 saturated heterocycles. The first-order valence-electron chi connectivity index (χ1n) is 4.58. The van der Waals surface area contributed by atoms with Gasteiger partial charge < -0.3 is 4.90 Å². The number of carbonyl (C=O) groups is 1. The molecule has 0 N–H and O–H groups in total. The standard InChI is InChI=1S/C8H10BrClN4O/c1-13-6(7(9)11-12-13)8(15)14-3-2-5(10)4-14/h5H,2-4H2,1H3. The summed E-state index contributed by atoms with van der Waals surface area (Å²) in [6.07, 6.45) is 0.843. The first kappa shape index (κ1) is 10.9. The molecule has 1 aliphatic heterocycles. The summed E-state index contributed by atoms with van der Waals surface area (Å²) in [6, 6.07) is 0. The third-order valence-electron chi connectivity index (χ3n) is 2.41. The van der Waals surface area contributed by atoms with Crippen molar-refractivity contribution < 1.29 is 4.79 Å². The Kier molecular flexibility index (Phi) is 2.97. The number of alkyl halides is 1. The van der Waals surface area contributed by atoms with Crippen LogP contribution in [0.2, 0.25) is 0 Å². The molecule has 0 aromatic carbocycles. The predicted molar refractivity (Wildman–Crippen MR) is 58.9 cm³/mol. The fourth-order valence-corrected chi connectivity index (χ4v) is 2.37. The third-order valence-corrected chi connectivity index (χ3v) is 3.30. The van der Waals surface area contributed by atoms with Crippen LogP contribution in [0.5, 0.6) is 0 Å². The molecule has 1 aromatic heterocycles. The molecule has 0 aliphatic carbocycles. The average molecular weight is 294 g/mol. The van der Waals surface area contributed by atoms with E-state index >= 15 is 0 Å². The summed E-state index contributed by atoms with van der Waals surface area (Å²) in [5, 5.41) is 7.61. The highest BCUT2D eigenvalue weighted by Gasteiger charge is 2.29. The summed E-state index contributed by atoms with van der Waals surface area (Å²) >= 11 is 9.15. The fourth-order valence-electron chi connectivity index (χ4n) is 1.61. The SMILES string of the molecule is Cn1nnc(Br)c1C(=O)N1CCC(Cl)C1. The molecule has 2 rings (SSSR count). The molecule has 0 bridgehead atoms. The van der Waals surface area contributed by atoms with Crippen molar-refractivity contribution in [3.63, 3.8) is 0 Å². The molecule has 5 nitrogen and oxygen atoms in total. The topological polar surface area (TPSA) is 51.0 Å². The van der Waals surface area contributed by atoms with E-state index in [1.54, 1.807) is 11.9 Å². The van der Waals surface area contributed by atoms with Crippen molar-refractivity contribution in [2.24, 2.45) is 7.05 Å². The highest BCUT2D eigenvalue weighted by Crippen LogP contribution is 2.20. The summed E-state index contributed by atoms with van der Waals surface area (Å²) in [4.78, 5) is 13.8. The van der Waals surface area contributed by atoms with Crippen LogP contribution in [-0.4, -0.2) is 44.3 Å². The molecule has 0 radical (unpaired) electrons. The number of hydrogen-bond donors (Lipinski definition) is 0. The summed E-state index contributed by atoms with van der Waals surface area (Å²) in [7, 11) is 1.69. The van der Waals surface area contributed by atoms with Crippen molar-refractivity contribution in [3.8, 4) is 0 Å². The van der Waals surface area contributed by atoms with Crippen LogP contribution in [0.15, 0.2) is 4.60 Å². The number of rotatable bonds is 1. The van der Waals surface area contributed by atoms with Gasteiger partial charge in [-0.1, -0.05) is 5.21 Å². The van der Waals surface area contributed by atoms with Crippen LogP contribution in [0.4, 0.5) is 0 Å². The minimum atomic E-state index is -0.0717. The first-order chi connectivity index (χ1) is 7.09. The summed E-state index contributed by atoms with van der Waals surface area (Å²) in [6.45, 7) is 1.29. The molecule has 0 saturated carbocycles. The van der Waals surface area contributed by atoms with Gasteiger partial charge in [0.2, 0.25) is 0 Å². The van der Waals surface area contributed by atoms with Gasteiger partial charge in [-0.15, -0.1) is 16.7 Å². The minimum Gasteiger partial charge on any atom is -0.336 e. The molecule has 1 unspecified atom stereocenters. The van der Waals surface area contributed by atoms with E-state index in [1.165, 1.54) is 4.68 Å². The Morgan fingerprint density at radius 1 is 1.67 bits per heavy atom. The van der Waals surface area contributed by atoms with E-state index in [2.05, 4.69) is 26.2 Å². The van der Waals surface area contributed by atoms with Crippen LogP contribution < -0.4 is 0 Å². The van der Waals surface area contributed by atoms with Gasteiger partial charge in [-0.05, 0) is 22.4 Å². The number of likely N-dealkylation sites (tertiary alicyclic amines) is 1. The summed E-state index contributed by atoms with van der Waals surface area (Å²) in [5.41, 5.74) is 0.473. The molecular weight excluding hydrogens is 283 g/mol. The summed E-state index contributed by atoms with van der Waals surface area (Å²) < 4.78 is 1.95. The van der Waals surface area contributed by atoms with E-state index in [0.717, 1.165) is 6.42 Å². The Hall–Kier alpha value is -0.620. The zero-order valence-electron chi connectivity index (χ0n) is 8.15. The van der Waals surface area contributed by atoms with E-state index in [4.69, 9.17) is 11.6 Å². The number of halogens is 2. The highest BCUT2D eigenvalue weighted by molar-refractivity contribution is 9.10. The second-order valence-corrected chi connectivity index (χ2v) is 4.86. The van der Waals surface area contributed by atoms with Crippen LogP contribution >= 0.6 is 27.5 Å². The number of carbonyl (C=O) groups excluding carboxylic acids is 1. The second-order valence-electron chi connectivity index (χ2n) is 3.49. The Bertz CT molecular complexity index is 374. The summed E-state index contributed by atoms with van der Waals surface area (Å²) in [5.74, 6) is -0.0717. The lowest BCUT2D eigenvalue weighted by Gasteiger charge is -2.14. The maximum absolute atomic E-state index is 12.0. The normalized spacial score (nSPS) is 21.0. The molecule has 1 atom stereocenters. The molecule has 15 heavy (non-hydrogen) atoms. The van der Waals surface area contributed by atoms with Gasteiger partial charge in [0.25, 0.3) is 5.91 Å². The largest absolute Gasteiger partial charge is 0.336 e. The van der Waals surface area contributed by atoms with Crippen molar-refractivity contribution >= 4 is 33.4 Å². The Morgan fingerprint density at radius 3 is 2.87 bits per heavy atom. The van der Waals surface area contributed by atoms with Crippen LogP contribution in [0.1, 0.15) is 16.9 Å². The predicted octanol–water partition coefficient (Wildman–Crippen LogP) is 1.03. The van der Waals surface area contributed by atoms with Gasteiger partial charge in [0.05, 0.1) is 5.38 Å². The van der Waals surface area contributed by atoms with Crippen LogP contribution in [0.3, 0.4) is 0 Å². The Morgan fingerprint density at radius 2 is 2.40 bits per heavy atom. The second kappa shape index (κ2) is 4.09. The van der Waals surface area contributed by atoms with Crippen LogP contribution in [0.25, 0.3) is 0 Å². The lowest BCUT2D eigenvalue weighted by molar-refractivity contribution is 0.0781. The van der Waals surface area contributed by atoms with Crippen LogP contribution in [-0.2, 0) is 7.05 Å². The highest BCUT2D eigenvalue weighted by atomic mass is 79.9. The third kappa shape index (κ3) is 2.01. The maximum atomic E-state index is 12.0. The minimum absolute atomic E-state index is 0.0638. The van der Waals surface area contributed by atoms with Crippen molar-refractivity contribution in [3.05, 3.63) is 10.3 Å². The van der Waals surface area contributed by atoms with Gasteiger partial charge in [0.15, 0.2) is 10.3 Å². The van der Waals surface area contributed by atoms with Crippen molar-refractivity contribution in [1.29, 1.82) is 0 Å². The van der Waals surface area contributed by atoms with E-state index in [9.17, 15) is 4.79 Å². The van der Waals surface area contributed by atoms with Crippen LogP contribution in [0, 0.1) is 0 Å². The Balaban J connectivity index is 2.21. The molecule has 1 amide bonds. The average Bonchev–Trinajstić information content (AvgIpc) is 2.73. The number of aryl methyl sites for hydroxylation is 1. The maximum Gasteiger partial charge on any atom is 0.275 e. The van der Waals surface area contributed by atoms with E-state index in [0.29, 0.717) is 23.4 Å². The van der Waals surface area contributed by atoms with Gasteiger partial charge in [0, 0.05) is 20.1 Å². The molecule has 1 aliphatic rings. The number of aromatic nitrogens is 3. The Labute approximate surface area is 101 Å². The van der Waals surface area contributed by atoms with Gasteiger partial charge in [0.1, 0.15) is 0 Å². The van der Waals surface area contributed by atoms with Gasteiger partial charge in [-0.3, -0.25) is 4.79 Å². The van der Waals surface area contributed by atoms with Gasteiger partial charge >= 0.3 is 0 Å². The van der Waals surface area contributed by atoms with E-state index < -0.39 is 0 Å². The number of amides is 1. The monoisotopic (exact) mass is 292 g/mol. The molecule has 7 heteroatoms. The molecular formula is C8H10BrClN4O. The smallest absolute Gasteiger partial charge is 0.275 e. The molecule has 82 valence electrons. The zero-order chi connectivity index (χ0) is 11.0. The number of hydrogen-bond acceptors (Lipinski definition) is 3. The molecule has 1 fully saturated rings. The van der Waals surface area contributed by atoms with Crippen molar-refractivity contribution in [2.45, 2.75) is 11.8 Å². The van der Waals surface area contributed by atoms with Gasteiger partial charge in [-0.2, -0.15) is 0 Å². The molecule has 0 spiro atoms. The molecule has 2 heterocycles. The number of nitrogens with zero attached hydrogens (tertiary/aromatic N) is 4.